The predicted octanol–water partition coefficient (Wildman–Crippen LogP) is 3.83. The van der Waals surface area contributed by atoms with E-state index >= 15 is 0 Å². The van der Waals surface area contributed by atoms with Crippen LogP contribution in [0.25, 0.3) is 0 Å². The van der Waals surface area contributed by atoms with Crippen molar-refractivity contribution in [2.75, 3.05) is 0 Å². The molecule has 0 amide bonds. The van der Waals surface area contributed by atoms with Crippen molar-refractivity contribution in [1.29, 1.82) is 0 Å². The first-order chi connectivity index (χ1) is 6.49. The highest BCUT2D eigenvalue weighted by Crippen LogP contribution is 2.24. The average molecular weight is 311 g/mol. The second-order valence-corrected chi connectivity index (χ2v) is 4.25. The molecule has 0 aromatic heterocycles. The summed E-state index contributed by atoms with van der Waals surface area (Å²) in [6, 6.07) is 5.06. The van der Waals surface area contributed by atoms with Crippen LogP contribution in [0.4, 0.5) is 8.78 Å². The van der Waals surface area contributed by atoms with E-state index in [9.17, 15) is 8.78 Å². The summed E-state index contributed by atoms with van der Waals surface area (Å²) in [5.74, 6) is 0.252. The summed E-state index contributed by atoms with van der Waals surface area (Å²) in [4.78, 5) is 0. The molecule has 0 aliphatic heterocycles. The number of rotatable bonds is 3. The van der Waals surface area contributed by atoms with Crippen LogP contribution in [-0.4, -0.2) is 6.61 Å². The summed E-state index contributed by atoms with van der Waals surface area (Å²) in [5, 5.41) is 0. The fourth-order valence-corrected chi connectivity index (χ4v) is 1.71. The number of hydrogen-bond acceptors (Lipinski definition) is 1. The van der Waals surface area contributed by atoms with E-state index in [0.29, 0.717) is 0 Å². The zero-order valence-corrected chi connectivity index (χ0v) is 9.79. The van der Waals surface area contributed by atoms with Crippen LogP contribution in [0.15, 0.2) is 18.2 Å². The molecule has 1 aromatic rings. The topological polar surface area (TPSA) is 9.23 Å². The van der Waals surface area contributed by atoms with E-state index < -0.39 is 6.61 Å². The lowest BCUT2D eigenvalue weighted by atomic mass is 10.0. The van der Waals surface area contributed by atoms with Crippen LogP contribution in [-0.2, 0) is 0 Å². The minimum absolute atomic E-state index is 0.0599. The van der Waals surface area contributed by atoms with Gasteiger partial charge < -0.3 is 4.74 Å². The second kappa shape index (κ2) is 4.91. The van der Waals surface area contributed by atoms with Gasteiger partial charge in [-0.05, 0) is 59.2 Å². The molecule has 4 heteroatoms. The molecule has 14 heavy (non-hydrogen) atoms. The van der Waals surface area contributed by atoms with Crippen LogP contribution in [0.3, 0.4) is 0 Å². The molecule has 0 heterocycles. The summed E-state index contributed by atoms with van der Waals surface area (Å²) in [5.41, 5.74) is 0.896. The lowest BCUT2D eigenvalue weighted by Gasteiger charge is -2.10. The Labute approximate surface area is 95.6 Å². The van der Waals surface area contributed by atoms with E-state index in [0.717, 1.165) is 9.13 Å². The first-order valence-corrected chi connectivity index (χ1v) is 5.15. The van der Waals surface area contributed by atoms with Gasteiger partial charge in [-0.15, -0.1) is 0 Å². The number of hydrogen-bond donors (Lipinski definition) is 0. The lowest BCUT2D eigenvalue weighted by Crippen LogP contribution is -2.03. The van der Waals surface area contributed by atoms with Crippen LogP contribution >= 0.6 is 22.6 Å². The summed E-state index contributed by atoms with van der Waals surface area (Å²) in [6.45, 7) is 2.95. The fourth-order valence-electron chi connectivity index (χ4n) is 1.04. The molecule has 1 atom stereocenters. The molecule has 1 radical (unpaired) electrons. The van der Waals surface area contributed by atoms with Crippen LogP contribution < -0.4 is 4.74 Å². The van der Waals surface area contributed by atoms with Gasteiger partial charge in [0.25, 0.3) is 0 Å². The van der Waals surface area contributed by atoms with Gasteiger partial charge in [-0.3, -0.25) is 0 Å². The van der Waals surface area contributed by atoms with Gasteiger partial charge in [0.05, 0.1) is 0 Å². The zero-order valence-electron chi connectivity index (χ0n) is 7.64. The first kappa shape index (κ1) is 11.7. The Hall–Kier alpha value is -0.390. The quantitative estimate of drug-likeness (QED) is 0.771. The Morgan fingerprint density at radius 2 is 2.00 bits per heavy atom. The minimum atomic E-state index is -2.78. The Morgan fingerprint density at radius 1 is 1.36 bits per heavy atom. The van der Waals surface area contributed by atoms with Gasteiger partial charge in [-0.1, -0.05) is 6.92 Å². The van der Waals surface area contributed by atoms with Crippen LogP contribution in [0.2, 0.25) is 0 Å². The Balaban J connectivity index is 2.95. The number of alkyl halides is 2. The molecule has 0 fully saturated rings. The van der Waals surface area contributed by atoms with Crippen molar-refractivity contribution in [1.82, 2.24) is 0 Å². The molecule has 1 rings (SSSR count). The molecule has 1 unspecified atom stereocenters. The molecule has 0 saturated heterocycles. The maximum atomic E-state index is 11.9. The maximum absolute atomic E-state index is 11.9. The van der Waals surface area contributed by atoms with Gasteiger partial charge in [-0.25, -0.2) is 0 Å². The average Bonchev–Trinajstić information content (AvgIpc) is 2.01. The molecule has 0 saturated carbocycles. The van der Waals surface area contributed by atoms with E-state index in [1.165, 1.54) is 0 Å². The summed E-state index contributed by atoms with van der Waals surface area (Å²) < 4.78 is 29.1. The third-order valence-corrected chi connectivity index (χ3v) is 2.31. The maximum Gasteiger partial charge on any atom is 0.387 e. The van der Waals surface area contributed by atoms with Crippen molar-refractivity contribution in [3.63, 3.8) is 0 Å². The van der Waals surface area contributed by atoms with Crippen LogP contribution in [0, 0.1) is 10.5 Å². The highest BCUT2D eigenvalue weighted by atomic mass is 127. The van der Waals surface area contributed by atoms with Gasteiger partial charge in [0.1, 0.15) is 5.75 Å². The molecule has 0 aliphatic rings. The van der Waals surface area contributed by atoms with Crippen molar-refractivity contribution in [2.45, 2.75) is 19.5 Å². The normalized spacial score (nSPS) is 11.1. The van der Waals surface area contributed by atoms with Gasteiger partial charge in [0.15, 0.2) is 0 Å². The van der Waals surface area contributed by atoms with Crippen molar-refractivity contribution in [3.05, 3.63) is 34.3 Å². The summed E-state index contributed by atoms with van der Waals surface area (Å²) in [7, 11) is 0. The second-order valence-electron chi connectivity index (χ2n) is 3.00. The molecule has 1 aromatic carbocycles. The lowest BCUT2D eigenvalue weighted by molar-refractivity contribution is -0.0499. The van der Waals surface area contributed by atoms with Crippen molar-refractivity contribution < 1.29 is 13.5 Å². The Kier molecular flexibility index (Phi) is 4.10. The van der Waals surface area contributed by atoms with E-state index in [1.807, 2.05) is 13.0 Å². The number of ether oxygens (including phenoxy) is 1. The number of halogens is 3. The third-order valence-electron chi connectivity index (χ3n) is 1.69. The predicted molar refractivity (Wildman–Crippen MR) is 59.6 cm³/mol. The van der Waals surface area contributed by atoms with Crippen LogP contribution in [0.1, 0.15) is 18.4 Å². The smallest absolute Gasteiger partial charge is 0.387 e. The molecule has 77 valence electrons. The Bertz CT molecular complexity index is 313. The van der Waals surface area contributed by atoms with Crippen molar-refractivity contribution in [2.24, 2.45) is 0 Å². The van der Waals surface area contributed by atoms with E-state index in [2.05, 4.69) is 34.3 Å². The molecule has 0 bridgehead atoms. The van der Waals surface area contributed by atoms with E-state index in [1.54, 1.807) is 12.1 Å². The largest absolute Gasteiger partial charge is 0.435 e. The molecular weight excluding hydrogens is 301 g/mol. The Morgan fingerprint density at radius 3 is 2.50 bits per heavy atom. The monoisotopic (exact) mass is 311 g/mol. The van der Waals surface area contributed by atoms with E-state index in [4.69, 9.17) is 0 Å². The summed E-state index contributed by atoms with van der Waals surface area (Å²) in [6.07, 6.45) is 0. The molecule has 0 aliphatic carbocycles. The van der Waals surface area contributed by atoms with E-state index in [-0.39, 0.29) is 11.7 Å². The first-order valence-electron chi connectivity index (χ1n) is 4.07. The van der Waals surface area contributed by atoms with Gasteiger partial charge in [0.2, 0.25) is 0 Å². The molecular formula is C10H10F2IO. The van der Waals surface area contributed by atoms with Gasteiger partial charge >= 0.3 is 6.61 Å². The minimum Gasteiger partial charge on any atom is -0.435 e. The molecule has 0 spiro atoms. The highest BCUT2D eigenvalue weighted by Gasteiger charge is 2.08. The van der Waals surface area contributed by atoms with Crippen molar-refractivity contribution in [3.8, 4) is 5.75 Å². The third kappa shape index (κ3) is 3.40. The zero-order chi connectivity index (χ0) is 10.7. The highest BCUT2D eigenvalue weighted by molar-refractivity contribution is 14.1. The van der Waals surface area contributed by atoms with Gasteiger partial charge in [-0.2, -0.15) is 8.78 Å². The standard InChI is InChI=1S/C10H10F2IO/c1-6(2)7-3-8(13)5-9(4-7)14-10(11)12/h3-6,10H,1H2,2H3. The fraction of sp³-hybridized carbons (Fsp3) is 0.300. The number of benzene rings is 1. The summed E-state index contributed by atoms with van der Waals surface area (Å²) >= 11 is 2.06. The SMILES string of the molecule is [CH2]C(C)c1cc(I)cc(OC(F)F)c1. The van der Waals surface area contributed by atoms with Crippen molar-refractivity contribution >= 4 is 22.6 Å². The molecule has 0 N–H and O–H groups in total. The van der Waals surface area contributed by atoms with Crippen LogP contribution in [0.5, 0.6) is 5.75 Å². The molecule has 1 nitrogen and oxygen atoms in total. The van der Waals surface area contributed by atoms with Gasteiger partial charge in [0, 0.05) is 3.57 Å².